The van der Waals surface area contributed by atoms with Crippen LogP contribution >= 0.6 is 21.6 Å². The second kappa shape index (κ2) is 14.4. The van der Waals surface area contributed by atoms with Crippen molar-refractivity contribution in [2.24, 2.45) is 0 Å². The molecule has 0 saturated carbocycles. The number of hydrogen-bond acceptors (Lipinski definition) is 8. The van der Waals surface area contributed by atoms with Crippen LogP contribution in [0.25, 0.3) is 0 Å². The van der Waals surface area contributed by atoms with Gasteiger partial charge in [-0.1, -0.05) is 70.1 Å². The Bertz CT molecular complexity index is 1730. The maximum absolute atomic E-state index is 12.9. The summed E-state index contributed by atoms with van der Waals surface area (Å²) in [7, 11) is 4.62. The largest absolute Gasteiger partial charge is 0.497 e. The van der Waals surface area contributed by atoms with Gasteiger partial charge in [0.25, 0.3) is 0 Å². The van der Waals surface area contributed by atoms with Crippen molar-refractivity contribution in [2.75, 3.05) is 18.2 Å². The van der Waals surface area contributed by atoms with Gasteiger partial charge in [-0.2, -0.15) is 0 Å². The van der Waals surface area contributed by atoms with Crippen molar-refractivity contribution in [1.82, 2.24) is 0 Å². The van der Waals surface area contributed by atoms with Crippen molar-refractivity contribution in [1.29, 1.82) is 0 Å². The zero-order valence-corrected chi connectivity index (χ0v) is 25.3. The molecule has 0 unspecified atom stereocenters. The molecule has 0 amide bonds. The molecule has 0 aliphatic rings. The molecule has 5 aromatic carbocycles. The number of anilines is 2. The lowest BCUT2D eigenvalue weighted by molar-refractivity contribution is 0.104. The molecule has 0 atom stereocenters. The van der Waals surface area contributed by atoms with Gasteiger partial charge in [0.15, 0.2) is 5.78 Å². The first kappa shape index (κ1) is 29.7. The molecule has 0 fully saturated rings. The molecule has 0 aromatic heterocycles. The van der Waals surface area contributed by atoms with Crippen LogP contribution in [0.3, 0.4) is 0 Å². The van der Waals surface area contributed by atoms with E-state index in [9.17, 15) is 4.79 Å². The molecule has 8 heteroatoms. The van der Waals surface area contributed by atoms with E-state index in [2.05, 4.69) is 5.32 Å². The second-order valence-electron chi connectivity index (χ2n) is 9.40. The van der Waals surface area contributed by atoms with Crippen LogP contribution in [0.1, 0.15) is 17.3 Å². The molecular formula is C35H30N2O4S2. The number of para-hydroxylation sites is 2. The molecule has 0 aliphatic heterocycles. The molecule has 0 aliphatic carbocycles. The fourth-order valence-electron chi connectivity index (χ4n) is 4.03. The van der Waals surface area contributed by atoms with E-state index in [4.69, 9.17) is 19.9 Å². The number of carbonyl (C=O) groups is 1. The summed E-state index contributed by atoms with van der Waals surface area (Å²) in [5.74, 6) is 3.37. The molecule has 0 bridgehead atoms. The Morgan fingerprint density at radius 1 is 0.674 bits per heavy atom. The predicted octanol–water partition coefficient (Wildman–Crippen LogP) is 9.86. The molecule has 5 rings (SSSR count). The molecular weight excluding hydrogens is 577 g/mol. The predicted molar refractivity (Wildman–Crippen MR) is 177 cm³/mol. The summed E-state index contributed by atoms with van der Waals surface area (Å²) in [5, 5.41) is 3.39. The molecule has 3 N–H and O–H groups in total. The van der Waals surface area contributed by atoms with Crippen molar-refractivity contribution < 1.29 is 19.0 Å². The van der Waals surface area contributed by atoms with E-state index in [-0.39, 0.29) is 5.78 Å². The van der Waals surface area contributed by atoms with E-state index in [0.717, 1.165) is 27.0 Å². The quantitative estimate of drug-likeness (QED) is 0.0628. The van der Waals surface area contributed by atoms with Crippen LogP contribution in [0.2, 0.25) is 0 Å². The van der Waals surface area contributed by atoms with Crippen molar-refractivity contribution in [3.8, 4) is 28.7 Å². The number of carbonyl (C=O) groups excluding carboxylic acids is 1. The highest BCUT2D eigenvalue weighted by molar-refractivity contribution is 8.76. The van der Waals surface area contributed by atoms with Gasteiger partial charge in [0, 0.05) is 32.8 Å². The molecule has 5 aromatic rings. The molecule has 216 valence electrons. The molecule has 43 heavy (non-hydrogen) atoms. The van der Waals surface area contributed by atoms with Gasteiger partial charge in [0.1, 0.15) is 28.7 Å². The summed E-state index contributed by atoms with van der Waals surface area (Å²) >= 11 is 0. The van der Waals surface area contributed by atoms with E-state index in [1.54, 1.807) is 31.4 Å². The van der Waals surface area contributed by atoms with Gasteiger partial charge in [0.05, 0.1) is 12.8 Å². The number of ketones is 1. The number of allylic oxidation sites excluding steroid dienone is 2. The fourth-order valence-corrected chi connectivity index (χ4v) is 6.30. The number of ether oxygens (including phenoxy) is 3. The lowest BCUT2D eigenvalue weighted by Crippen LogP contribution is -2.02. The number of methoxy groups -OCH3 is 1. The average molecular weight is 607 g/mol. The Labute approximate surface area is 259 Å². The third-order valence-corrected chi connectivity index (χ3v) is 8.61. The summed E-state index contributed by atoms with van der Waals surface area (Å²) in [6, 6.07) is 37.7. The Balaban J connectivity index is 1.38. The van der Waals surface area contributed by atoms with Crippen molar-refractivity contribution in [2.45, 2.75) is 16.7 Å². The number of benzene rings is 5. The van der Waals surface area contributed by atoms with Crippen LogP contribution in [-0.2, 0) is 0 Å². The minimum Gasteiger partial charge on any atom is -0.497 e. The lowest BCUT2D eigenvalue weighted by Gasteiger charge is -2.15. The molecule has 0 heterocycles. The second-order valence-corrected chi connectivity index (χ2v) is 11.6. The van der Waals surface area contributed by atoms with Gasteiger partial charge >= 0.3 is 0 Å². The third kappa shape index (κ3) is 8.38. The van der Waals surface area contributed by atoms with Gasteiger partial charge in [0.2, 0.25) is 0 Å². The van der Waals surface area contributed by atoms with Gasteiger partial charge in [-0.05, 0) is 79.7 Å². The zero-order chi connectivity index (χ0) is 30.0. The fraction of sp³-hybridized carbons (Fsp3) is 0.0571. The van der Waals surface area contributed by atoms with E-state index in [1.165, 1.54) is 21.6 Å². The first-order valence-electron chi connectivity index (χ1n) is 13.4. The standard InChI is InChI=1S/C35H30N2O4S2/c1-24(20-33(38)25-10-9-15-28(21-25)39-2)37-32-19-17-30(41-27-13-7-4-8-14-27)23-35(32)43-42-34-22-29(16-18-31(34)36)40-26-11-5-3-6-12-26/h3-23,37H,36H2,1-2H3/b24-20+. The van der Waals surface area contributed by atoms with Gasteiger partial charge in [-0.15, -0.1) is 0 Å². The van der Waals surface area contributed by atoms with Crippen LogP contribution < -0.4 is 25.3 Å². The number of rotatable bonds is 12. The molecule has 6 nitrogen and oxygen atoms in total. The number of nitrogens with two attached hydrogens (primary N) is 1. The Kier molecular flexibility index (Phi) is 9.94. The van der Waals surface area contributed by atoms with Crippen LogP contribution in [0.4, 0.5) is 11.4 Å². The highest BCUT2D eigenvalue weighted by atomic mass is 33.1. The normalized spacial score (nSPS) is 11.1. The first-order chi connectivity index (χ1) is 21.0. The number of hydrogen-bond donors (Lipinski definition) is 2. The summed E-state index contributed by atoms with van der Waals surface area (Å²) in [6.07, 6.45) is 1.58. The minimum absolute atomic E-state index is 0.125. The highest BCUT2D eigenvalue weighted by Crippen LogP contribution is 2.46. The first-order valence-corrected chi connectivity index (χ1v) is 15.6. The molecule has 0 spiro atoms. The zero-order valence-electron chi connectivity index (χ0n) is 23.7. The van der Waals surface area contributed by atoms with Crippen molar-refractivity contribution in [3.63, 3.8) is 0 Å². The maximum Gasteiger partial charge on any atom is 0.187 e. The Hall–Kier alpha value is -4.79. The summed E-state index contributed by atoms with van der Waals surface area (Å²) in [4.78, 5) is 14.7. The summed E-state index contributed by atoms with van der Waals surface area (Å²) in [5.41, 5.74) is 9.04. The van der Waals surface area contributed by atoms with E-state index < -0.39 is 0 Å². The van der Waals surface area contributed by atoms with Crippen LogP contribution in [0, 0.1) is 0 Å². The summed E-state index contributed by atoms with van der Waals surface area (Å²) < 4.78 is 17.4. The SMILES string of the molecule is COc1cccc(C(=O)/C=C(\C)Nc2ccc(Oc3ccccc3)cc2SSc2cc(Oc3ccccc3)ccc2N)c1. The van der Waals surface area contributed by atoms with E-state index >= 15 is 0 Å². The monoisotopic (exact) mass is 606 g/mol. The Morgan fingerprint density at radius 3 is 1.91 bits per heavy atom. The molecule has 0 radical (unpaired) electrons. The number of nitrogen functional groups attached to an aromatic ring is 1. The highest BCUT2D eigenvalue weighted by Gasteiger charge is 2.12. The van der Waals surface area contributed by atoms with Crippen LogP contribution in [0.5, 0.6) is 28.7 Å². The van der Waals surface area contributed by atoms with Crippen LogP contribution in [0.15, 0.2) is 143 Å². The van der Waals surface area contributed by atoms with Crippen LogP contribution in [-0.4, -0.2) is 12.9 Å². The van der Waals surface area contributed by atoms with E-state index in [0.29, 0.717) is 34.2 Å². The van der Waals surface area contributed by atoms with Crippen molar-refractivity contribution >= 4 is 38.7 Å². The maximum atomic E-state index is 12.9. The summed E-state index contributed by atoms with van der Waals surface area (Å²) in [6.45, 7) is 1.86. The minimum atomic E-state index is -0.125. The topological polar surface area (TPSA) is 82.8 Å². The van der Waals surface area contributed by atoms with Gasteiger partial charge in [-0.3, -0.25) is 4.79 Å². The average Bonchev–Trinajstić information content (AvgIpc) is 3.03. The van der Waals surface area contributed by atoms with Crippen molar-refractivity contribution in [3.05, 3.63) is 139 Å². The molecule has 0 saturated heterocycles. The number of nitrogens with one attached hydrogen (secondary N) is 1. The third-order valence-electron chi connectivity index (χ3n) is 6.15. The Morgan fingerprint density at radius 2 is 1.26 bits per heavy atom. The lowest BCUT2D eigenvalue weighted by atomic mass is 10.1. The van der Waals surface area contributed by atoms with E-state index in [1.807, 2.05) is 110 Å². The van der Waals surface area contributed by atoms with Gasteiger partial charge in [-0.25, -0.2) is 0 Å². The smallest absolute Gasteiger partial charge is 0.187 e. The van der Waals surface area contributed by atoms with Gasteiger partial charge < -0.3 is 25.3 Å².